The van der Waals surface area contributed by atoms with Gasteiger partial charge in [-0.3, -0.25) is 9.59 Å². The van der Waals surface area contributed by atoms with Crippen LogP contribution < -0.4 is 10.2 Å². The monoisotopic (exact) mass is 400 g/mol. The van der Waals surface area contributed by atoms with E-state index in [0.29, 0.717) is 11.3 Å². The molecule has 0 bridgehead atoms. The van der Waals surface area contributed by atoms with Crippen LogP contribution in [0, 0.1) is 26.6 Å². The van der Waals surface area contributed by atoms with Gasteiger partial charge in [0.05, 0.1) is 11.3 Å². The Balaban J connectivity index is 1.86. The Morgan fingerprint density at radius 1 is 0.800 bits per heavy atom. The highest BCUT2D eigenvalue weighted by molar-refractivity contribution is 6.46. The molecule has 0 aromatic heterocycles. The zero-order chi connectivity index (χ0) is 21.4. The predicted molar refractivity (Wildman–Crippen MR) is 117 cm³/mol. The van der Waals surface area contributed by atoms with Crippen LogP contribution in [-0.2, 0) is 9.59 Å². The van der Waals surface area contributed by atoms with Crippen LogP contribution in [0.5, 0.6) is 0 Å². The van der Waals surface area contributed by atoms with E-state index in [1.165, 1.54) is 29.2 Å². The number of nitrogens with one attached hydrogen (secondary N) is 1. The number of amides is 2. The van der Waals surface area contributed by atoms with Crippen molar-refractivity contribution in [1.29, 1.82) is 0 Å². The maximum atomic E-state index is 13.5. The smallest absolute Gasteiger partial charge is 0.282 e. The average Bonchev–Trinajstić information content (AvgIpc) is 2.95. The molecule has 0 saturated carbocycles. The fourth-order valence-electron chi connectivity index (χ4n) is 3.65. The highest BCUT2D eigenvalue weighted by Crippen LogP contribution is 2.35. The molecule has 0 radical (unpaired) electrons. The van der Waals surface area contributed by atoms with E-state index in [-0.39, 0.29) is 11.3 Å². The zero-order valence-electron chi connectivity index (χ0n) is 17.0. The summed E-state index contributed by atoms with van der Waals surface area (Å²) in [5, 5.41) is 3.16. The van der Waals surface area contributed by atoms with Crippen molar-refractivity contribution in [3.05, 3.63) is 100 Å². The van der Waals surface area contributed by atoms with E-state index in [0.717, 1.165) is 22.4 Å². The summed E-state index contributed by atoms with van der Waals surface area (Å²) in [4.78, 5) is 28.1. The fraction of sp³-hybridized carbons (Fsp3) is 0.120. The van der Waals surface area contributed by atoms with Crippen LogP contribution >= 0.6 is 0 Å². The molecule has 1 heterocycles. The van der Waals surface area contributed by atoms with Crippen LogP contribution in [0.2, 0.25) is 0 Å². The molecule has 30 heavy (non-hydrogen) atoms. The quantitative estimate of drug-likeness (QED) is 0.617. The van der Waals surface area contributed by atoms with Gasteiger partial charge in [-0.1, -0.05) is 48.0 Å². The third kappa shape index (κ3) is 3.39. The molecule has 1 N–H and O–H groups in total. The third-order valence-corrected chi connectivity index (χ3v) is 5.21. The summed E-state index contributed by atoms with van der Waals surface area (Å²) in [5.74, 6) is -1.28. The van der Waals surface area contributed by atoms with Crippen LogP contribution in [0.3, 0.4) is 0 Å². The van der Waals surface area contributed by atoms with E-state index in [2.05, 4.69) is 5.32 Å². The number of halogens is 1. The van der Waals surface area contributed by atoms with Gasteiger partial charge in [-0.2, -0.15) is 0 Å². The molecule has 0 fully saturated rings. The van der Waals surface area contributed by atoms with E-state index >= 15 is 0 Å². The summed E-state index contributed by atoms with van der Waals surface area (Å²) in [7, 11) is 0. The number of hydrogen-bond acceptors (Lipinski definition) is 3. The standard InChI is InChI=1S/C25H21FN2O2/c1-15-8-13-21(17(3)14-15)28-24(29)22(18-9-11-19(26)12-10-18)23(25(28)30)27-20-7-5-4-6-16(20)2/h4-14,27H,1-3H3. The molecule has 3 aromatic carbocycles. The van der Waals surface area contributed by atoms with Gasteiger partial charge < -0.3 is 5.32 Å². The minimum Gasteiger partial charge on any atom is -0.350 e. The summed E-state index contributed by atoms with van der Waals surface area (Å²) in [6, 6.07) is 18.7. The largest absolute Gasteiger partial charge is 0.350 e. The molecular weight excluding hydrogens is 379 g/mol. The lowest BCUT2D eigenvalue weighted by molar-refractivity contribution is -0.120. The van der Waals surface area contributed by atoms with Crippen LogP contribution in [0.4, 0.5) is 15.8 Å². The number of aryl methyl sites for hydroxylation is 3. The number of nitrogens with zero attached hydrogens (tertiary/aromatic N) is 1. The van der Waals surface area contributed by atoms with Crippen LogP contribution in [0.25, 0.3) is 5.57 Å². The summed E-state index contributed by atoms with van der Waals surface area (Å²) in [6.45, 7) is 5.74. The number of benzene rings is 3. The molecule has 0 aliphatic carbocycles. The molecule has 4 nitrogen and oxygen atoms in total. The van der Waals surface area contributed by atoms with Crippen molar-refractivity contribution < 1.29 is 14.0 Å². The van der Waals surface area contributed by atoms with Crippen LogP contribution in [0.1, 0.15) is 22.3 Å². The second kappa shape index (κ2) is 7.59. The van der Waals surface area contributed by atoms with Crippen molar-refractivity contribution in [2.45, 2.75) is 20.8 Å². The molecule has 5 heteroatoms. The Morgan fingerprint density at radius 3 is 2.17 bits per heavy atom. The molecule has 0 saturated heterocycles. The molecule has 1 aliphatic rings. The summed E-state index contributed by atoms with van der Waals surface area (Å²) in [6.07, 6.45) is 0. The minimum atomic E-state index is -0.436. The molecule has 3 aromatic rings. The first kappa shape index (κ1) is 19.6. The van der Waals surface area contributed by atoms with Crippen molar-refractivity contribution in [2.75, 3.05) is 10.2 Å². The predicted octanol–water partition coefficient (Wildman–Crippen LogP) is 5.15. The number of anilines is 2. The van der Waals surface area contributed by atoms with Crippen LogP contribution in [-0.4, -0.2) is 11.8 Å². The molecule has 4 rings (SSSR count). The van der Waals surface area contributed by atoms with Crippen molar-refractivity contribution >= 4 is 28.8 Å². The SMILES string of the molecule is Cc1ccc(N2C(=O)C(Nc3ccccc3C)=C(c3ccc(F)cc3)C2=O)c(C)c1. The van der Waals surface area contributed by atoms with Gasteiger partial charge in [0.15, 0.2) is 0 Å². The summed E-state index contributed by atoms with van der Waals surface area (Å²) < 4.78 is 13.5. The lowest BCUT2D eigenvalue weighted by Gasteiger charge is -2.18. The van der Waals surface area contributed by atoms with Gasteiger partial charge in [0.1, 0.15) is 11.5 Å². The highest BCUT2D eigenvalue weighted by Gasteiger charge is 2.40. The Kier molecular flexibility index (Phi) is 4.96. The van der Waals surface area contributed by atoms with Gasteiger partial charge in [-0.25, -0.2) is 9.29 Å². The van der Waals surface area contributed by atoms with E-state index in [9.17, 15) is 14.0 Å². The molecule has 150 valence electrons. The minimum absolute atomic E-state index is 0.181. The number of para-hydroxylation sites is 1. The van der Waals surface area contributed by atoms with Gasteiger partial charge in [0, 0.05) is 5.69 Å². The van der Waals surface area contributed by atoms with E-state index in [1.54, 1.807) is 6.07 Å². The second-order valence-corrected chi connectivity index (χ2v) is 7.43. The first-order valence-corrected chi connectivity index (χ1v) is 9.65. The van der Waals surface area contributed by atoms with Gasteiger partial charge in [-0.05, 0) is 61.7 Å². The lowest BCUT2D eigenvalue weighted by Crippen LogP contribution is -2.33. The van der Waals surface area contributed by atoms with Gasteiger partial charge >= 0.3 is 0 Å². The molecule has 2 amide bonds. The number of imide groups is 1. The van der Waals surface area contributed by atoms with E-state index < -0.39 is 17.6 Å². The van der Waals surface area contributed by atoms with Gasteiger partial charge in [0.2, 0.25) is 0 Å². The van der Waals surface area contributed by atoms with Crippen molar-refractivity contribution in [3.63, 3.8) is 0 Å². The Bertz CT molecular complexity index is 1200. The molecular formula is C25H21FN2O2. The lowest BCUT2D eigenvalue weighted by atomic mass is 10.0. The van der Waals surface area contributed by atoms with Crippen molar-refractivity contribution in [3.8, 4) is 0 Å². The number of rotatable bonds is 4. The van der Waals surface area contributed by atoms with Gasteiger partial charge in [0.25, 0.3) is 11.8 Å². The molecule has 0 spiro atoms. The second-order valence-electron chi connectivity index (χ2n) is 7.43. The maximum Gasteiger partial charge on any atom is 0.282 e. The van der Waals surface area contributed by atoms with E-state index in [4.69, 9.17) is 0 Å². The van der Waals surface area contributed by atoms with E-state index in [1.807, 2.05) is 57.2 Å². The fourth-order valence-corrected chi connectivity index (χ4v) is 3.65. The Hall–Kier alpha value is -3.73. The first-order chi connectivity index (χ1) is 14.4. The number of carbonyl (C=O) groups excluding carboxylic acids is 2. The van der Waals surface area contributed by atoms with Crippen LogP contribution in [0.15, 0.2) is 72.4 Å². The summed E-state index contributed by atoms with van der Waals surface area (Å²) >= 11 is 0. The molecule has 0 atom stereocenters. The molecule has 1 aliphatic heterocycles. The Morgan fingerprint density at radius 2 is 1.50 bits per heavy atom. The van der Waals surface area contributed by atoms with Gasteiger partial charge in [-0.15, -0.1) is 0 Å². The van der Waals surface area contributed by atoms with Crippen molar-refractivity contribution in [1.82, 2.24) is 0 Å². The highest BCUT2D eigenvalue weighted by atomic mass is 19.1. The molecule has 0 unspecified atom stereocenters. The first-order valence-electron chi connectivity index (χ1n) is 9.65. The average molecular weight is 400 g/mol. The van der Waals surface area contributed by atoms with Crippen molar-refractivity contribution in [2.24, 2.45) is 0 Å². The normalized spacial score (nSPS) is 13.9. The summed E-state index contributed by atoms with van der Waals surface area (Å²) in [5.41, 5.74) is 4.97. The third-order valence-electron chi connectivity index (χ3n) is 5.21. The maximum absolute atomic E-state index is 13.5. The number of carbonyl (C=O) groups is 2. The zero-order valence-corrected chi connectivity index (χ0v) is 17.0. The topological polar surface area (TPSA) is 49.4 Å². The Labute approximate surface area is 174 Å². The number of hydrogen-bond donors (Lipinski definition) is 1.